The van der Waals surface area contributed by atoms with Crippen LogP contribution in [-0.2, 0) is 28.6 Å². The van der Waals surface area contributed by atoms with Gasteiger partial charge in [0.25, 0.3) is 0 Å². The second-order valence-electron chi connectivity index (χ2n) is 7.91. The summed E-state index contributed by atoms with van der Waals surface area (Å²) in [6.07, 6.45) is 11.1. The lowest BCUT2D eigenvalue weighted by Crippen LogP contribution is -2.20. The van der Waals surface area contributed by atoms with Crippen molar-refractivity contribution >= 4 is 55.8 Å². The molecule has 0 amide bonds. The molecule has 1 aliphatic rings. The molecule has 196 valence electrons. The molecule has 0 aromatic carbocycles. The number of carbonyl (C=O) groups is 3. The van der Waals surface area contributed by atoms with Gasteiger partial charge in [0.1, 0.15) is 6.10 Å². The minimum Gasteiger partial charge on any atom is -0.465 e. The lowest BCUT2D eigenvalue weighted by Gasteiger charge is -2.21. The zero-order valence-electron chi connectivity index (χ0n) is 20.9. The molecule has 0 aromatic rings. The third-order valence-electron chi connectivity index (χ3n) is 4.95. The van der Waals surface area contributed by atoms with Gasteiger partial charge in [0, 0.05) is 5.75 Å². The highest BCUT2D eigenvalue weighted by molar-refractivity contribution is 7.81. The Balaban J connectivity index is 0. The molecular weight excluding hydrogens is 480 g/mol. The van der Waals surface area contributed by atoms with Gasteiger partial charge in [-0.2, -0.15) is 37.9 Å². The summed E-state index contributed by atoms with van der Waals surface area (Å²) in [5.74, 6) is 0.755. The highest BCUT2D eigenvalue weighted by atomic mass is 32.1. The van der Waals surface area contributed by atoms with Crippen LogP contribution in [0.1, 0.15) is 91.9 Å². The standard InChI is InChI=1S/C10H20O2S.C9H16O2S.C5H10O2S/c1-3-5-6-9(4-2)7-12-10(11)8-13;10-9(6-7-12)11-8-4-2-1-3-5-8;1-3-7-5(6)4(2)8/h9,13H,3-8H2,1-2H3;8,12H,1-7H2;4,8H,3H2,1-2H3. The van der Waals surface area contributed by atoms with Crippen molar-refractivity contribution in [3.05, 3.63) is 0 Å². The van der Waals surface area contributed by atoms with Gasteiger partial charge in [0.15, 0.2) is 0 Å². The fourth-order valence-corrected chi connectivity index (χ4v) is 3.28. The van der Waals surface area contributed by atoms with E-state index in [0.717, 1.165) is 25.7 Å². The van der Waals surface area contributed by atoms with Crippen molar-refractivity contribution in [1.29, 1.82) is 0 Å². The van der Waals surface area contributed by atoms with Gasteiger partial charge < -0.3 is 14.2 Å². The zero-order chi connectivity index (χ0) is 25.5. The van der Waals surface area contributed by atoms with E-state index in [4.69, 9.17) is 9.47 Å². The summed E-state index contributed by atoms with van der Waals surface area (Å²) in [4.78, 5) is 32.3. The zero-order valence-corrected chi connectivity index (χ0v) is 23.6. The lowest BCUT2D eigenvalue weighted by molar-refractivity contribution is -0.150. The lowest BCUT2D eigenvalue weighted by atomic mass is 9.98. The van der Waals surface area contributed by atoms with Crippen LogP contribution in [0.25, 0.3) is 0 Å². The Morgan fingerprint density at radius 1 is 0.970 bits per heavy atom. The number of hydrogen-bond donors (Lipinski definition) is 3. The van der Waals surface area contributed by atoms with Gasteiger partial charge >= 0.3 is 17.9 Å². The number of carbonyl (C=O) groups excluding carboxylic acids is 3. The third kappa shape index (κ3) is 23.0. The van der Waals surface area contributed by atoms with Gasteiger partial charge in [0.2, 0.25) is 0 Å². The number of thiol groups is 3. The van der Waals surface area contributed by atoms with Gasteiger partial charge in [-0.25, -0.2) is 0 Å². The molecule has 1 rings (SSSR count). The number of hydrogen-bond acceptors (Lipinski definition) is 9. The van der Waals surface area contributed by atoms with Crippen LogP contribution in [0, 0.1) is 5.92 Å². The van der Waals surface area contributed by atoms with Crippen molar-refractivity contribution < 1.29 is 28.6 Å². The maximum absolute atomic E-state index is 11.0. The summed E-state index contributed by atoms with van der Waals surface area (Å²) in [6.45, 7) is 8.76. The average molecular weight is 527 g/mol. The maximum Gasteiger partial charge on any atom is 0.318 e. The third-order valence-corrected chi connectivity index (χ3v) is 5.64. The quantitative estimate of drug-likeness (QED) is 0.171. The second-order valence-corrected chi connectivity index (χ2v) is 9.45. The molecular formula is C24H46O6S3. The molecule has 1 saturated carbocycles. The minimum absolute atomic E-state index is 0.0862. The van der Waals surface area contributed by atoms with Crippen LogP contribution in [0.2, 0.25) is 0 Å². The first kappa shape index (κ1) is 34.6. The number of esters is 3. The first-order valence-electron chi connectivity index (χ1n) is 12.2. The Labute approximate surface area is 217 Å². The fraction of sp³-hybridized carbons (Fsp3) is 0.875. The van der Waals surface area contributed by atoms with Crippen molar-refractivity contribution in [2.24, 2.45) is 5.92 Å². The van der Waals surface area contributed by atoms with Gasteiger partial charge in [0.05, 0.1) is 30.6 Å². The summed E-state index contributed by atoms with van der Waals surface area (Å²) in [5.41, 5.74) is 0. The molecule has 0 spiro atoms. The van der Waals surface area contributed by atoms with Gasteiger partial charge in [-0.05, 0) is 51.9 Å². The highest BCUT2D eigenvalue weighted by Gasteiger charge is 2.16. The largest absolute Gasteiger partial charge is 0.465 e. The monoisotopic (exact) mass is 526 g/mol. The molecule has 0 radical (unpaired) electrons. The molecule has 0 aliphatic heterocycles. The Morgan fingerprint density at radius 3 is 2.03 bits per heavy atom. The molecule has 0 bridgehead atoms. The van der Waals surface area contributed by atoms with Gasteiger partial charge in [-0.3, -0.25) is 14.4 Å². The van der Waals surface area contributed by atoms with Crippen molar-refractivity contribution in [2.75, 3.05) is 24.7 Å². The summed E-state index contributed by atoms with van der Waals surface area (Å²) < 4.78 is 14.9. The van der Waals surface area contributed by atoms with E-state index in [1.165, 1.54) is 32.1 Å². The van der Waals surface area contributed by atoms with E-state index < -0.39 is 0 Å². The topological polar surface area (TPSA) is 78.9 Å². The van der Waals surface area contributed by atoms with Crippen molar-refractivity contribution in [1.82, 2.24) is 0 Å². The molecule has 0 N–H and O–H groups in total. The average Bonchev–Trinajstić information content (AvgIpc) is 2.80. The molecule has 2 unspecified atom stereocenters. The number of ether oxygens (including phenoxy) is 3. The van der Waals surface area contributed by atoms with Crippen LogP contribution < -0.4 is 0 Å². The van der Waals surface area contributed by atoms with Crippen LogP contribution in [-0.4, -0.2) is 54.0 Å². The van der Waals surface area contributed by atoms with Crippen molar-refractivity contribution in [3.8, 4) is 0 Å². The summed E-state index contributed by atoms with van der Waals surface area (Å²) in [7, 11) is 0. The van der Waals surface area contributed by atoms with Gasteiger partial charge in [-0.1, -0.05) is 39.5 Å². The molecule has 0 aromatic heterocycles. The van der Waals surface area contributed by atoms with Crippen LogP contribution in [0.3, 0.4) is 0 Å². The Bertz CT molecular complexity index is 497. The smallest absolute Gasteiger partial charge is 0.318 e. The summed E-state index contributed by atoms with van der Waals surface area (Å²) >= 11 is 11.7. The Kier molecular flexibility index (Phi) is 25.8. The SMILES string of the molecule is CCCCC(CC)COC(=O)CS.CCOC(=O)C(C)S.O=C(CCS)OC1CCCCC1. The molecule has 0 saturated heterocycles. The Hall–Kier alpha value is -0.540. The van der Waals surface area contributed by atoms with E-state index in [2.05, 4.69) is 56.5 Å². The molecule has 1 aliphatic carbocycles. The predicted molar refractivity (Wildman–Crippen MR) is 145 cm³/mol. The molecule has 9 heteroatoms. The van der Waals surface area contributed by atoms with E-state index in [1.807, 2.05) is 0 Å². The van der Waals surface area contributed by atoms with E-state index in [9.17, 15) is 14.4 Å². The van der Waals surface area contributed by atoms with E-state index in [0.29, 0.717) is 31.3 Å². The molecule has 2 atom stereocenters. The predicted octanol–water partition coefficient (Wildman–Crippen LogP) is 5.73. The second kappa shape index (κ2) is 24.6. The normalized spacial score (nSPS) is 15.0. The molecule has 1 fully saturated rings. The van der Waals surface area contributed by atoms with Crippen LogP contribution in [0.5, 0.6) is 0 Å². The molecule has 6 nitrogen and oxygen atoms in total. The first-order chi connectivity index (χ1) is 15.7. The van der Waals surface area contributed by atoms with Crippen molar-refractivity contribution in [3.63, 3.8) is 0 Å². The van der Waals surface area contributed by atoms with E-state index >= 15 is 0 Å². The van der Waals surface area contributed by atoms with E-state index in [1.54, 1.807) is 13.8 Å². The fourth-order valence-electron chi connectivity index (χ4n) is 2.94. The summed E-state index contributed by atoms with van der Waals surface area (Å²) in [5, 5.41) is -0.296. The van der Waals surface area contributed by atoms with Crippen LogP contribution >= 0.6 is 37.9 Å². The maximum atomic E-state index is 11.0. The van der Waals surface area contributed by atoms with Crippen LogP contribution in [0.4, 0.5) is 0 Å². The van der Waals surface area contributed by atoms with Crippen molar-refractivity contribution in [2.45, 2.75) is 103 Å². The molecule has 33 heavy (non-hydrogen) atoms. The summed E-state index contributed by atoms with van der Waals surface area (Å²) in [6, 6.07) is 0. The Morgan fingerprint density at radius 2 is 1.61 bits per heavy atom. The minimum atomic E-state index is -0.296. The van der Waals surface area contributed by atoms with Gasteiger partial charge in [-0.15, -0.1) is 0 Å². The first-order valence-corrected chi connectivity index (χ1v) is 13.9. The number of rotatable bonds is 12. The highest BCUT2D eigenvalue weighted by Crippen LogP contribution is 2.20. The van der Waals surface area contributed by atoms with Crippen LogP contribution in [0.15, 0.2) is 0 Å². The molecule has 0 heterocycles. The van der Waals surface area contributed by atoms with E-state index in [-0.39, 0.29) is 35.0 Å². The number of unbranched alkanes of at least 4 members (excludes halogenated alkanes) is 1.